The van der Waals surface area contributed by atoms with Gasteiger partial charge in [-0.2, -0.15) is 5.10 Å². The molecule has 1 aromatic carbocycles. The zero-order valence-electron chi connectivity index (χ0n) is 13.5. The number of aryl methyl sites for hydroxylation is 2. The number of amides is 2. The number of nitrogens with one attached hydrogen (secondary N) is 3. The Labute approximate surface area is 140 Å². The Balaban J connectivity index is 1.44. The summed E-state index contributed by atoms with van der Waals surface area (Å²) in [7, 11) is 0. The van der Waals surface area contributed by atoms with Crippen LogP contribution in [-0.4, -0.2) is 32.6 Å². The van der Waals surface area contributed by atoms with Gasteiger partial charge < -0.3 is 5.32 Å². The first-order chi connectivity index (χ1) is 11.7. The third-order valence-corrected chi connectivity index (χ3v) is 3.69. The minimum absolute atomic E-state index is 0.253. The lowest BCUT2D eigenvalue weighted by molar-refractivity contribution is 0.252. The van der Waals surface area contributed by atoms with Crippen LogP contribution in [0.5, 0.6) is 0 Å². The number of anilines is 1. The molecule has 0 saturated heterocycles. The van der Waals surface area contributed by atoms with Gasteiger partial charge in [0.05, 0.1) is 11.9 Å². The van der Waals surface area contributed by atoms with E-state index in [9.17, 15) is 4.79 Å². The zero-order valence-corrected chi connectivity index (χ0v) is 13.5. The molecular weight excluding hydrogens is 304 g/mol. The summed E-state index contributed by atoms with van der Waals surface area (Å²) in [5.74, 6) is 0.516. The van der Waals surface area contributed by atoms with Gasteiger partial charge in [-0.15, -0.1) is 5.10 Å². The minimum atomic E-state index is -0.253. The van der Waals surface area contributed by atoms with E-state index in [2.05, 4.69) is 25.9 Å². The Kier molecular flexibility index (Phi) is 4.90. The highest BCUT2D eigenvalue weighted by Crippen LogP contribution is 2.09. The van der Waals surface area contributed by atoms with E-state index in [1.54, 1.807) is 10.7 Å². The summed E-state index contributed by atoms with van der Waals surface area (Å²) in [6.45, 7) is 2.58. The Morgan fingerprint density at radius 3 is 2.83 bits per heavy atom. The summed E-state index contributed by atoms with van der Waals surface area (Å²) in [4.78, 5) is 11.9. The van der Waals surface area contributed by atoms with Crippen LogP contribution in [0, 0.1) is 6.92 Å². The molecule has 0 spiro atoms. The van der Waals surface area contributed by atoms with E-state index >= 15 is 0 Å². The van der Waals surface area contributed by atoms with Crippen molar-refractivity contribution >= 4 is 11.8 Å². The van der Waals surface area contributed by atoms with Crippen LogP contribution in [0.25, 0.3) is 5.69 Å². The molecule has 3 aromatic rings. The molecule has 2 aromatic heterocycles. The Bertz CT molecular complexity index is 792. The second-order valence-electron chi connectivity index (χ2n) is 5.49. The average Bonchev–Trinajstić information content (AvgIpc) is 3.22. The normalized spacial score (nSPS) is 10.5. The van der Waals surface area contributed by atoms with Crippen molar-refractivity contribution in [1.29, 1.82) is 0 Å². The number of rotatable bonds is 6. The van der Waals surface area contributed by atoms with Crippen molar-refractivity contribution in [3.05, 3.63) is 60.0 Å². The Morgan fingerprint density at radius 1 is 1.25 bits per heavy atom. The van der Waals surface area contributed by atoms with Crippen molar-refractivity contribution in [3.8, 4) is 5.69 Å². The second kappa shape index (κ2) is 7.45. The minimum Gasteiger partial charge on any atom is -0.338 e. The molecule has 124 valence electrons. The third-order valence-electron chi connectivity index (χ3n) is 3.69. The second-order valence-corrected chi connectivity index (χ2v) is 5.49. The van der Waals surface area contributed by atoms with E-state index in [0.717, 1.165) is 24.2 Å². The number of nitrogens with zero attached hydrogens (tertiary/aromatic N) is 3. The monoisotopic (exact) mass is 324 g/mol. The fraction of sp³-hybridized carbons (Fsp3) is 0.235. The first-order valence-electron chi connectivity index (χ1n) is 7.87. The highest BCUT2D eigenvalue weighted by atomic mass is 16.2. The van der Waals surface area contributed by atoms with E-state index in [1.807, 2.05) is 49.6 Å². The van der Waals surface area contributed by atoms with Crippen LogP contribution in [0.1, 0.15) is 17.7 Å². The standard InChI is InChI=1S/C17H20N6O/c1-13-14(12-19-21-13)6-5-10-18-17(24)20-16-9-11-23(22-16)15-7-3-2-4-8-15/h2-4,7-9,11-12H,5-6,10H2,1H3,(H,19,21)(H2,18,20,22,24). The van der Waals surface area contributed by atoms with Crippen molar-refractivity contribution in [3.63, 3.8) is 0 Å². The maximum Gasteiger partial charge on any atom is 0.320 e. The van der Waals surface area contributed by atoms with Gasteiger partial charge in [0, 0.05) is 24.5 Å². The molecule has 0 saturated carbocycles. The number of hydrogen-bond donors (Lipinski definition) is 3. The predicted octanol–water partition coefficient (Wildman–Crippen LogP) is 2.66. The van der Waals surface area contributed by atoms with Gasteiger partial charge in [0.15, 0.2) is 5.82 Å². The smallest absolute Gasteiger partial charge is 0.320 e. The van der Waals surface area contributed by atoms with E-state index in [4.69, 9.17) is 0 Å². The number of carbonyl (C=O) groups excluding carboxylic acids is 1. The lowest BCUT2D eigenvalue weighted by atomic mass is 10.1. The van der Waals surface area contributed by atoms with Crippen LogP contribution < -0.4 is 10.6 Å². The molecule has 2 heterocycles. The molecule has 0 bridgehead atoms. The first-order valence-corrected chi connectivity index (χ1v) is 7.87. The average molecular weight is 324 g/mol. The van der Waals surface area contributed by atoms with Gasteiger partial charge >= 0.3 is 6.03 Å². The maximum absolute atomic E-state index is 11.9. The van der Waals surface area contributed by atoms with Crippen LogP contribution in [0.3, 0.4) is 0 Å². The molecule has 0 atom stereocenters. The largest absolute Gasteiger partial charge is 0.338 e. The van der Waals surface area contributed by atoms with Gasteiger partial charge in [0.25, 0.3) is 0 Å². The number of benzene rings is 1. The predicted molar refractivity (Wildman–Crippen MR) is 92.2 cm³/mol. The summed E-state index contributed by atoms with van der Waals surface area (Å²) in [5.41, 5.74) is 3.20. The van der Waals surface area contributed by atoms with Crippen LogP contribution in [0.15, 0.2) is 48.8 Å². The fourth-order valence-electron chi connectivity index (χ4n) is 2.38. The van der Waals surface area contributed by atoms with E-state index in [-0.39, 0.29) is 6.03 Å². The third kappa shape index (κ3) is 4.01. The summed E-state index contributed by atoms with van der Waals surface area (Å²) in [6.07, 6.45) is 5.37. The van der Waals surface area contributed by atoms with Gasteiger partial charge in [-0.3, -0.25) is 10.4 Å². The molecule has 24 heavy (non-hydrogen) atoms. The molecule has 7 heteroatoms. The highest BCUT2D eigenvalue weighted by Gasteiger charge is 2.06. The van der Waals surface area contributed by atoms with E-state index in [1.165, 1.54) is 5.56 Å². The molecule has 0 fully saturated rings. The van der Waals surface area contributed by atoms with Crippen LogP contribution in [-0.2, 0) is 6.42 Å². The number of para-hydroxylation sites is 1. The van der Waals surface area contributed by atoms with Crippen LogP contribution >= 0.6 is 0 Å². The van der Waals surface area contributed by atoms with Crippen molar-refractivity contribution in [1.82, 2.24) is 25.3 Å². The Morgan fingerprint density at radius 2 is 2.08 bits per heavy atom. The zero-order chi connectivity index (χ0) is 16.8. The van der Waals surface area contributed by atoms with Crippen molar-refractivity contribution < 1.29 is 4.79 Å². The molecule has 7 nitrogen and oxygen atoms in total. The molecule has 0 unspecified atom stereocenters. The Hall–Kier alpha value is -3.09. The quantitative estimate of drug-likeness (QED) is 0.609. The van der Waals surface area contributed by atoms with Gasteiger partial charge in [0.2, 0.25) is 0 Å². The molecule has 0 aliphatic heterocycles. The van der Waals surface area contributed by atoms with Gasteiger partial charge in [-0.25, -0.2) is 9.48 Å². The highest BCUT2D eigenvalue weighted by molar-refractivity contribution is 5.88. The molecule has 2 amide bonds. The van der Waals surface area contributed by atoms with Crippen molar-refractivity contribution in [2.75, 3.05) is 11.9 Å². The molecular formula is C17H20N6O. The van der Waals surface area contributed by atoms with E-state index < -0.39 is 0 Å². The molecule has 0 aliphatic rings. The molecule has 3 N–H and O–H groups in total. The lowest BCUT2D eigenvalue weighted by Gasteiger charge is -2.05. The number of carbonyl (C=O) groups is 1. The number of aromatic amines is 1. The first kappa shape index (κ1) is 15.8. The summed E-state index contributed by atoms with van der Waals surface area (Å²) < 4.78 is 1.72. The lowest BCUT2D eigenvalue weighted by Crippen LogP contribution is -2.30. The molecule has 0 radical (unpaired) electrons. The molecule has 3 rings (SSSR count). The fourth-order valence-corrected chi connectivity index (χ4v) is 2.38. The number of urea groups is 1. The topological polar surface area (TPSA) is 87.6 Å². The number of H-pyrrole nitrogens is 1. The van der Waals surface area contributed by atoms with Gasteiger partial charge in [-0.05, 0) is 37.5 Å². The van der Waals surface area contributed by atoms with Crippen molar-refractivity contribution in [2.45, 2.75) is 19.8 Å². The summed E-state index contributed by atoms with van der Waals surface area (Å²) in [6, 6.07) is 11.3. The number of hydrogen-bond acceptors (Lipinski definition) is 3. The molecule has 0 aliphatic carbocycles. The van der Waals surface area contributed by atoms with Gasteiger partial charge in [0.1, 0.15) is 0 Å². The van der Waals surface area contributed by atoms with Crippen molar-refractivity contribution in [2.24, 2.45) is 0 Å². The maximum atomic E-state index is 11.9. The summed E-state index contributed by atoms with van der Waals surface area (Å²) >= 11 is 0. The van der Waals surface area contributed by atoms with E-state index in [0.29, 0.717) is 12.4 Å². The summed E-state index contributed by atoms with van der Waals surface area (Å²) in [5, 5.41) is 16.8. The SMILES string of the molecule is Cc1[nH]ncc1CCCNC(=O)Nc1ccn(-c2ccccc2)n1. The van der Waals surface area contributed by atoms with Crippen LogP contribution in [0.4, 0.5) is 10.6 Å². The number of aromatic nitrogens is 4. The van der Waals surface area contributed by atoms with Gasteiger partial charge in [-0.1, -0.05) is 18.2 Å². The van der Waals surface area contributed by atoms with Crippen LogP contribution in [0.2, 0.25) is 0 Å².